The molecule has 0 unspecified atom stereocenters. The van der Waals surface area contributed by atoms with Crippen LogP contribution in [0, 0.1) is 5.92 Å². The fraction of sp³-hybridized carbons (Fsp3) is 0.529. The molecule has 25 heavy (non-hydrogen) atoms. The number of benzene rings is 1. The molecule has 0 spiro atoms. The van der Waals surface area contributed by atoms with Gasteiger partial charge in [-0.25, -0.2) is 0 Å². The van der Waals surface area contributed by atoms with Crippen LogP contribution in [0.3, 0.4) is 0 Å². The summed E-state index contributed by atoms with van der Waals surface area (Å²) in [5, 5.41) is 6.81. The normalized spacial score (nSPS) is 15.5. The summed E-state index contributed by atoms with van der Waals surface area (Å²) in [5.41, 5.74) is 1.04. The summed E-state index contributed by atoms with van der Waals surface area (Å²) < 4.78 is 0.971. The molecule has 8 heteroatoms. The third-order valence-electron chi connectivity index (χ3n) is 4.33. The lowest BCUT2D eigenvalue weighted by atomic mass is 9.93. The molecule has 2 rings (SSSR count). The van der Waals surface area contributed by atoms with Crippen molar-refractivity contribution in [1.29, 1.82) is 0 Å². The van der Waals surface area contributed by atoms with Gasteiger partial charge in [0, 0.05) is 49.6 Å². The molecule has 1 aromatic rings. The van der Waals surface area contributed by atoms with Gasteiger partial charge in [-0.3, -0.25) is 9.79 Å². The molecular weight excluding hydrogens is 518 g/mol. The zero-order chi connectivity index (χ0) is 17.5. The number of hydrogen-bond acceptors (Lipinski definition) is 2. The first-order valence-corrected chi connectivity index (χ1v) is 9.30. The number of nitrogens with one attached hydrogen (secondary N) is 2. The molecule has 1 amide bonds. The van der Waals surface area contributed by atoms with Gasteiger partial charge in [0.05, 0.1) is 0 Å². The quantitative estimate of drug-likeness (QED) is 0.347. The van der Waals surface area contributed by atoms with Gasteiger partial charge in [0.1, 0.15) is 0 Å². The first-order chi connectivity index (χ1) is 11.5. The van der Waals surface area contributed by atoms with Crippen LogP contribution in [0.2, 0.25) is 5.02 Å². The molecule has 0 bridgehead atoms. The van der Waals surface area contributed by atoms with Gasteiger partial charge in [0.15, 0.2) is 5.96 Å². The maximum atomic E-state index is 11.5. The minimum absolute atomic E-state index is 0. The Balaban J connectivity index is 0.00000312. The molecule has 1 saturated heterocycles. The van der Waals surface area contributed by atoms with Crippen LogP contribution in [-0.4, -0.2) is 44.0 Å². The standard InChI is InChI=1S/C17H24BrClN4O.HI/c1-20-16(24)9-12-5-7-23(8-6-12)17(21-2)22-11-13-3-4-14(18)10-15(13)19;/h3-4,10,12H,5-9,11H2,1-2H3,(H,20,24)(H,21,22);1H. The largest absolute Gasteiger partial charge is 0.359 e. The Morgan fingerprint density at radius 2 is 2.08 bits per heavy atom. The number of carbonyl (C=O) groups excluding carboxylic acids is 1. The SMILES string of the molecule is CN=C(NCc1ccc(Br)cc1Cl)N1CCC(CC(=O)NC)CC1.I. The predicted octanol–water partition coefficient (Wildman–Crippen LogP) is 3.64. The van der Waals surface area contributed by atoms with Gasteiger partial charge in [0.2, 0.25) is 5.91 Å². The van der Waals surface area contributed by atoms with Crippen molar-refractivity contribution >= 4 is 63.4 Å². The molecule has 0 atom stereocenters. The second-order valence-electron chi connectivity index (χ2n) is 5.94. The smallest absolute Gasteiger partial charge is 0.220 e. The van der Waals surface area contributed by atoms with Crippen molar-refractivity contribution in [2.45, 2.75) is 25.8 Å². The maximum absolute atomic E-state index is 11.5. The molecule has 1 aliphatic rings. The molecule has 0 saturated carbocycles. The summed E-state index contributed by atoms with van der Waals surface area (Å²) in [6.45, 7) is 2.46. The van der Waals surface area contributed by atoms with E-state index in [9.17, 15) is 4.79 Å². The summed E-state index contributed by atoms with van der Waals surface area (Å²) >= 11 is 9.68. The van der Waals surface area contributed by atoms with Crippen molar-refractivity contribution in [2.24, 2.45) is 10.9 Å². The van der Waals surface area contributed by atoms with E-state index in [0.29, 0.717) is 18.9 Å². The van der Waals surface area contributed by atoms with E-state index < -0.39 is 0 Å². The number of carbonyl (C=O) groups is 1. The van der Waals surface area contributed by atoms with Gasteiger partial charge in [-0.05, 0) is 36.5 Å². The van der Waals surface area contributed by atoms with Crippen LogP contribution in [0.4, 0.5) is 0 Å². The molecule has 5 nitrogen and oxygen atoms in total. The lowest BCUT2D eigenvalue weighted by molar-refractivity contribution is -0.121. The average Bonchev–Trinajstić information content (AvgIpc) is 2.58. The molecule has 1 heterocycles. The zero-order valence-corrected chi connectivity index (χ0v) is 19.2. The number of halogens is 3. The highest BCUT2D eigenvalue weighted by atomic mass is 127. The van der Waals surface area contributed by atoms with Gasteiger partial charge >= 0.3 is 0 Å². The number of hydrogen-bond donors (Lipinski definition) is 2. The van der Waals surface area contributed by atoms with Crippen molar-refractivity contribution in [1.82, 2.24) is 15.5 Å². The third kappa shape index (κ3) is 6.94. The minimum atomic E-state index is 0. The summed E-state index contributed by atoms with van der Waals surface area (Å²) in [7, 11) is 3.48. The van der Waals surface area contributed by atoms with Crippen molar-refractivity contribution in [3.05, 3.63) is 33.3 Å². The summed E-state index contributed by atoms with van der Waals surface area (Å²) in [4.78, 5) is 18.1. The highest BCUT2D eigenvalue weighted by molar-refractivity contribution is 14.0. The second-order valence-corrected chi connectivity index (χ2v) is 7.27. The molecule has 1 aliphatic heterocycles. The molecule has 1 fully saturated rings. The van der Waals surface area contributed by atoms with Gasteiger partial charge in [-0.1, -0.05) is 33.6 Å². The van der Waals surface area contributed by atoms with Gasteiger partial charge in [-0.15, -0.1) is 24.0 Å². The van der Waals surface area contributed by atoms with E-state index >= 15 is 0 Å². The highest BCUT2D eigenvalue weighted by Crippen LogP contribution is 2.22. The minimum Gasteiger partial charge on any atom is -0.359 e. The first-order valence-electron chi connectivity index (χ1n) is 8.13. The lowest BCUT2D eigenvalue weighted by Crippen LogP contribution is -2.45. The Morgan fingerprint density at radius 3 is 2.64 bits per heavy atom. The second kappa shape index (κ2) is 11.2. The van der Waals surface area contributed by atoms with Crippen LogP contribution < -0.4 is 10.6 Å². The predicted molar refractivity (Wildman–Crippen MR) is 118 cm³/mol. The van der Waals surface area contributed by atoms with E-state index in [0.717, 1.165) is 46.9 Å². The van der Waals surface area contributed by atoms with E-state index in [1.165, 1.54) is 0 Å². The summed E-state index contributed by atoms with van der Waals surface area (Å²) in [6, 6.07) is 5.88. The first kappa shape index (κ1) is 22.5. The Kier molecular flexibility index (Phi) is 10.1. The molecule has 140 valence electrons. The fourth-order valence-corrected chi connectivity index (χ4v) is 3.62. The third-order valence-corrected chi connectivity index (χ3v) is 5.18. The van der Waals surface area contributed by atoms with Crippen LogP contribution in [0.15, 0.2) is 27.7 Å². The number of piperidine rings is 1. The molecule has 2 N–H and O–H groups in total. The van der Waals surface area contributed by atoms with E-state index in [-0.39, 0.29) is 29.9 Å². The van der Waals surface area contributed by atoms with Crippen molar-refractivity contribution in [2.75, 3.05) is 27.2 Å². The van der Waals surface area contributed by atoms with E-state index in [1.54, 1.807) is 14.1 Å². The van der Waals surface area contributed by atoms with Crippen LogP contribution in [0.25, 0.3) is 0 Å². The fourth-order valence-electron chi connectivity index (χ4n) is 2.88. The van der Waals surface area contributed by atoms with Crippen LogP contribution in [0.5, 0.6) is 0 Å². The average molecular weight is 544 g/mol. The van der Waals surface area contributed by atoms with Gasteiger partial charge in [0.25, 0.3) is 0 Å². The lowest BCUT2D eigenvalue weighted by Gasteiger charge is -2.34. The van der Waals surface area contributed by atoms with Crippen LogP contribution in [-0.2, 0) is 11.3 Å². The number of nitrogens with zero attached hydrogens (tertiary/aromatic N) is 2. The number of amides is 1. The Bertz CT molecular complexity index is 606. The highest BCUT2D eigenvalue weighted by Gasteiger charge is 2.23. The summed E-state index contributed by atoms with van der Waals surface area (Å²) in [6.07, 6.45) is 2.63. The Labute approximate surface area is 180 Å². The number of rotatable bonds is 4. The molecule has 0 aromatic heterocycles. The summed E-state index contributed by atoms with van der Waals surface area (Å²) in [5.74, 6) is 1.47. The molecule has 0 radical (unpaired) electrons. The zero-order valence-electron chi connectivity index (χ0n) is 14.5. The number of guanidine groups is 1. The molecule has 0 aliphatic carbocycles. The van der Waals surface area contributed by atoms with E-state index in [2.05, 4.69) is 36.5 Å². The van der Waals surface area contributed by atoms with Gasteiger partial charge in [-0.2, -0.15) is 0 Å². The number of likely N-dealkylation sites (tertiary alicyclic amines) is 1. The number of aliphatic imine (C=N–C) groups is 1. The van der Waals surface area contributed by atoms with E-state index in [1.807, 2.05) is 18.2 Å². The van der Waals surface area contributed by atoms with E-state index in [4.69, 9.17) is 11.6 Å². The molecule has 1 aromatic carbocycles. The Morgan fingerprint density at radius 1 is 1.40 bits per heavy atom. The van der Waals surface area contributed by atoms with Crippen LogP contribution >= 0.6 is 51.5 Å². The van der Waals surface area contributed by atoms with Crippen LogP contribution in [0.1, 0.15) is 24.8 Å². The van der Waals surface area contributed by atoms with Gasteiger partial charge < -0.3 is 15.5 Å². The van der Waals surface area contributed by atoms with Crippen molar-refractivity contribution < 1.29 is 4.79 Å². The van der Waals surface area contributed by atoms with Crippen molar-refractivity contribution in [3.8, 4) is 0 Å². The van der Waals surface area contributed by atoms with Crippen molar-refractivity contribution in [3.63, 3.8) is 0 Å². The Hall–Kier alpha value is -0.540. The maximum Gasteiger partial charge on any atom is 0.220 e. The molecular formula is C17H25BrClIN4O. The topological polar surface area (TPSA) is 56.7 Å². The monoisotopic (exact) mass is 542 g/mol.